The van der Waals surface area contributed by atoms with E-state index in [1.807, 2.05) is 25.4 Å². The molecule has 0 fully saturated rings. The zero-order chi connectivity index (χ0) is 20.3. The molecule has 0 radical (unpaired) electrons. The summed E-state index contributed by atoms with van der Waals surface area (Å²) in [5.74, 6) is 0.893. The molecule has 0 aliphatic rings. The third kappa shape index (κ3) is 4.05. The van der Waals surface area contributed by atoms with Crippen LogP contribution in [0.5, 0.6) is 6.01 Å². The minimum absolute atomic E-state index is 0.235. The second-order valence-electron chi connectivity index (χ2n) is 7.12. The Morgan fingerprint density at radius 3 is 2.50 bits per heavy atom. The van der Waals surface area contributed by atoms with Crippen molar-refractivity contribution in [2.45, 2.75) is 39.8 Å². The van der Waals surface area contributed by atoms with Gasteiger partial charge in [-0.3, -0.25) is 0 Å². The van der Waals surface area contributed by atoms with Gasteiger partial charge in [-0.1, -0.05) is 18.2 Å². The topological polar surface area (TPSA) is 80.5 Å². The summed E-state index contributed by atoms with van der Waals surface area (Å²) in [5.41, 5.74) is 5.07. The van der Waals surface area contributed by atoms with Crippen molar-refractivity contribution in [2.75, 3.05) is 17.4 Å². The maximum Gasteiger partial charge on any atom is 0.322 e. The van der Waals surface area contributed by atoms with E-state index in [1.165, 1.54) is 7.11 Å². The molecule has 0 atom stereocenters. The molecule has 28 heavy (non-hydrogen) atoms. The number of aryl methyl sites for hydroxylation is 1. The average molecular weight is 381 g/mol. The van der Waals surface area contributed by atoms with Crippen LogP contribution in [0, 0.1) is 0 Å². The molecule has 2 aromatic heterocycles. The first-order valence-electron chi connectivity index (χ1n) is 9.32. The summed E-state index contributed by atoms with van der Waals surface area (Å²) >= 11 is 0. The highest BCUT2D eigenvalue weighted by Crippen LogP contribution is 2.20. The summed E-state index contributed by atoms with van der Waals surface area (Å²) in [4.78, 5) is 15.3. The van der Waals surface area contributed by atoms with Crippen LogP contribution >= 0.6 is 0 Å². The molecule has 3 rings (SSSR count). The van der Waals surface area contributed by atoms with Crippen molar-refractivity contribution in [3.8, 4) is 6.01 Å². The molecule has 0 spiro atoms. The molecule has 0 saturated heterocycles. The smallest absolute Gasteiger partial charge is 0.322 e. The van der Waals surface area contributed by atoms with Gasteiger partial charge in [0.05, 0.1) is 13.3 Å². The summed E-state index contributed by atoms with van der Waals surface area (Å²) < 4.78 is 7.32. The maximum atomic E-state index is 5.25. The van der Waals surface area contributed by atoms with E-state index in [-0.39, 0.29) is 18.1 Å². The first kappa shape index (κ1) is 19.6. The molecule has 1 N–H and O–H groups in total. The van der Waals surface area contributed by atoms with E-state index in [0.717, 1.165) is 16.5 Å². The zero-order valence-corrected chi connectivity index (χ0v) is 17.2. The van der Waals surface area contributed by atoms with Crippen LogP contribution in [0.3, 0.4) is 0 Å². The van der Waals surface area contributed by atoms with Gasteiger partial charge in [-0.05, 0) is 33.8 Å². The Hall–Kier alpha value is -3.16. The predicted octanol–water partition coefficient (Wildman–Crippen LogP) is 3.44. The van der Waals surface area contributed by atoms with Crippen molar-refractivity contribution >= 4 is 29.0 Å². The summed E-state index contributed by atoms with van der Waals surface area (Å²) in [6.45, 7) is 8.40. The van der Waals surface area contributed by atoms with Gasteiger partial charge in [0.1, 0.15) is 0 Å². The van der Waals surface area contributed by atoms with Gasteiger partial charge < -0.3 is 14.2 Å². The predicted molar refractivity (Wildman–Crippen MR) is 113 cm³/mol. The third-order valence-corrected chi connectivity index (χ3v) is 4.43. The maximum absolute atomic E-state index is 5.25. The fraction of sp³-hybridized carbons (Fsp3) is 0.400. The van der Waals surface area contributed by atoms with Crippen molar-refractivity contribution in [3.63, 3.8) is 0 Å². The molecule has 0 aliphatic heterocycles. The summed E-state index contributed by atoms with van der Waals surface area (Å²) in [6.07, 6.45) is 3.80. The standard InChI is InChI=1S/C20H27N7O/c1-13(2)27(14(3)4)19-22-18(23-20(24-19)28-6)25-21-11-15-12-26(5)17-10-8-7-9-16(15)17/h7-14H,1-6H3,(H,22,23,24,25). The van der Waals surface area contributed by atoms with E-state index in [0.29, 0.717) is 11.9 Å². The van der Waals surface area contributed by atoms with Gasteiger partial charge in [0.15, 0.2) is 0 Å². The Kier molecular flexibility index (Phi) is 5.77. The molecule has 8 nitrogen and oxygen atoms in total. The minimum atomic E-state index is 0.235. The number of para-hydroxylation sites is 1. The first-order chi connectivity index (χ1) is 13.4. The number of ether oxygens (including phenoxy) is 1. The van der Waals surface area contributed by atoms with Gasteiger partial charge in [-0.2, -0.15) is 20.1 Å². The largest absolute Gasteiger partial charge is 0.467 e. The Morgan fingerprint density at radius 1 is 1.11 bits per heavy atom. The molecule has 0 saturated carbocycles. The molecule has 0 amide bonds. The number of aromatic nitrogens is 4. The van der Waals surface area contributed by atoms with Crippen molar-refractivity contribution in [1.29, 1.82) is 0 Å². The lowest BCUT2D eigenvalue weighted by atomic mass is 10.2. The van der Waals surface area contributed by atoms with Gasteiger partial charge in [0.2, 0.25) is 5.95 Å². The number of benzene rings is 1. The average Bonchev–Trinajstić information content (AvgIpc) is 2.97. The minimum Gasteiger partial charge on any atom is -0.467 e. The van der Waals surface area contributed by atoms with Crippen LogP contribution in [0.15, 0.2) is 35.6 Å². The lowest BCUT2D eigenvalue weighted by Gasteiger charge is -2.30. The second kappa shape index (κ2) is 8.24. The lowest BCUT2D eigenvalue weighted by Crippen LogP contribution is -2.38. The van der Waals surface area contributed by atoms with Crippen LogP contribution in [0.1, 0.15) is 33.3 Å². The molecular weight excluding hydrogens is 354 g/mol. The van der Waals surface area contributed by atoms with E-state index < -0.39 is 0 Å². The molecular formula is C20H27N7O. The molecule has 0 bridgehead atoms. The van der Waals surface area contributed by atoms with Crippen molar-refractivity contribution in [3.05, 3.63) is 36.0 Å². The molecule has 0 aliphatic carbocycles. The number of methoxy groups -OCH3 is 1. The first-order valence-corrected chi connectivity index (χ1v) is 9.32. The van der Waals surface area contributed by atoms with E-state index in [1.54, 1.807) is 6.21 Å². The molecule has 148 valence electrons. The Bertz CT molecular complexity index is 970. The molecule has 8 heteroatoms. The van der Waals surface area contributed by atoms with Crippen LogP contribution in [0.25, 0.3) is 10.9 Å². The van der Waals surface area contributed by atoms with Crippen molar-refractivity contribution in [2.24, 2.45) is 12.1 Å². The van der Waals surface area contributed by atoms with Gasteiger partial charge >= 0.3 is 6.01 Å². The number of hydrogen-bond donors (Lipinski definition) is 1. The summed E-state index contributed by atoms with van der Waals surface area (Å²) in [5, 5.41) is 5.46. The Labute approximate surface area is 165 Å². The van der Waals surface area contributed by atoms with Gasteiger partial charge in [-0.25, -0.2) is 5.43 Å². The molecule has 3 aromatic rings. The van der Waals surface area contributed by atoms with E-state index >= 15 is 0 Å². The third-order valence-electron chi connectivity index (χ3n) is 4.43. The SMILES string of the molecule is COc1nc(NN=Cc2cn(C)c3ccccc23)nc(N(C(C)C)C(C)C)n1. The Balaban J connectivity index is 1.87. The van der Waals surface area contributed by atoms with Crippen LogP contribution in [0.4, 0.5) is 11.9 Å². The number of fused-ring (bicyclic) bond motifs is 1. The van der Waals surface area contributed by atoms with Crippen LogP contribution < -0.4 is 15.1 Å². The fourth-order valence-electron chi connectivity index (χ4n) is 3.30. The molecule has 1 aromatic carbocycles. The molecule has 2 heterocycles. The highest BCUT2D eigenvalue weighted by Gasteiger charge is 2.19. The lowest BCUT2D eigenvalue weighted by molar-refractivity contribution is 0.377. The van der Waals surface area contributed by atoms with Crippen molar-refractivity contribution < 1.29 is 4.74 Å². The fourth-order valence-corrected chi connectivity index (χ4v) is 3.30. The number of hydrazone groups is 1. The summed E-state index contributed by atoms with van der Waals surface area (Å²) in [6, 6.07) is 8.91. The van der Waals surface area contributed by atoms with Crippen LogP contribution in [0.2, 0.25) is 0 Å². The zero-order valence-electron chi connectivity index (χ0n) is 17.2. The van der Waals surface area contributed by atoms with Crippen molar-refractivity contribution in [1.82, 2.24) is 19.5 Å². The van der Waals surface area contributed by atoms with Crippen LogP contribution in [-0.2, 0) is 7.05 Å². The van der Waals surface area contributed by atoms with E-state index in [9.17, 15) is 0 Å². The van der Waals surface area contributed by atoms with Gasteiger partial charge in [0.25, 0.3) is 5.95 Å². The quantitative estimate of drug-likeness (QED) is 0.499. The number of nitrogens with zero attached hydrogens (tertiary/aromatic N) is 6. The molecule has 0 unspecified atom stereocenters. The summed E-state index contributed by atoms with van der Waals surface area (Å²) in [7, 11) is 3.56. The number of rotatable bonds is 7. The van der Waals surface area contributed by atoms with Gasteiger partial charge in [-0.15, -0.1) is 0 Å². The normalized spacial score (nSPS) is 11.7. The van der Waals surface area contributed by atoms with Crippen LogP contribution in [-0.4, -0.2) is 44.9 Å². The van der Waals surface area contributed by atoms with Gasteiger partial charge in [0, 0.05) is 41.8 Å². The highest BCUT2D eigenvalue weighted by molar-refractivity contribution is 5.99. The monoisotopic (exact) mass is 381 g/mol. The highest BCUT2D eigenvalue weighted by atomic mass is 16.5. The van der Waals surface area contributed by atoms with E-state index in [4.69, 9.17) is 4.74 Å². The Morgan fingerprint density at radius 2 is 1.82 bits per heavy atom. The number of anilines is 2. The number of hydrogen-bond acceptors (Lipinski definition) is 7. The number of nitrogens with one attached hydrogen (secondary N) is 1. The van der Waals surface area contributed by atoms with E-state index in [2.05, 4.69) is 74.8 Å². The second-order valence-corrected chi connectivity index (χ2v) is 7.12.